The summed E-state index contributed by atoms with van der Waals surface area (Å²) >= 11 is 0. The fourth-order valence-corrected chi connectivity index (χ4v) is 4.31. The van der Waals surface area contributed by atoms with Gasteiger partial charge in [0, 0.05) is 11.6 Å². The highest BCUT2D eigenvalue weighted by Crippen LogP contribution is 2.23. The third kappa shape index (κ3) is 4.76. The highest BCUT2D eigenvalue weighted by Gasteiger charge is 2.22. The van der Waals surface area contributed by atoms with Crippen molar-refractivity contribution in [3.63, 3.8) is 0 Å². The number of amides is 1. The lowest BCUT2D eigenvalue weighted by atomic mass is 10.2. The van der Waals surface area contributed by atoms with Gasteiger partial charge in [0.05, 0.1) is 17.7 Å². The summed E-state index contributed by atoms with van der Waals surface area (Å²) in [5.74, 6) is -4.04. The summed E-state index contributed by atoms with van der Waals surface area (Å²) in [6, 6.07) is 6.65. The molecule has 1 saturated carbocycles. The van der Waals surface area contributed by atoms with E-state index in [9.17, 15) is 26.8 Å². The van der Waals surface area contributed by atoms with E-state index in [0.717, 1.165) is 32.8 Å². The number of hydrogen-bond donors (Lipinski definition) is 2. The van der Waals surface area contributed by atoms with Crippen LogP contribution in [0, 0.1) is 11.6 Å². The number of carbonyl (C=O) groups is 2. The maximum atomic E-state index is 14.0. The van der Waals surface area contributed by atoms with E-state index in [2.05, 4.69) is 10.1 Å². The van der Waals surface area contributed by atoms with Crippen LogP contribution in [0.25, 0.3) is 0 Å². The molecule has 0 spiro atoms. The molecule has 0 radical (unpaired) electrons. The quantitative estimate of drug-likeness (QED) is 0.675. The van der Waals surface area contributed by atoms with Gasteiger partial charge >= 0.3 is 5.97 Å². The molecule has 0 aliphatic heterocycles. The molecule has 1 aliphatic carbocycles. The van der Waals surface area contributed by atoms with E-state index in [-0.39, 0.29) is 16.8 Å². The second-order valence-corrected chi connectivity index (χ2v) is 8.57. The molecule has 0 saturated heterocycles. The Balaban J connectivity index is 1.75. The highest BCUT2D eigenvalue weighted by atomic mass is 32.2. The van der Waals surface area contributed by atoms with E-state index in [0.29, 0.717) is 17.7 Å². The van der Waals surface area contributed by atoms with Crippen LogP contribution in [0.2, 0.25) is 0 Å². The number of nitrogens with one attached hydrogen (secondary N) is 2. The average molecular weight is 438 g/mol. The molecule has 0 atom stereocenters. The lowest BCUT2D eigenvalue weighted by Gasteiger charge is -2.13. The zero-order valence-corrected chi connectivity index (χ0v) is 16.9. The van der Waals surface area contributed by atoms with Crippen LogP contribution in [0.15, 0.2) is 41.3 Å². The predicted octanol–water partition coefficient (Wildman–Crippen LogP) is 3.22. The first-order chi connectivity index (χ1) is 14.2. The van der Waals surface area contributed by atoms with Crippen molar-refractivity contribution >= 4 is 27.6 Å². The third-order valence-electron chi connectivity index (χ3n) is 4.80. The van der Waals surface area contributed by atoms with Crippen LogP contribution >= 0.6 is 0 Å². The summed E-state index contributed by atoms with van der Waals surface area (Å²) in [5, 5.41) is 2.90. The molecule has 30 heavy (non-hydrogen) atoms. The Labute approximate surface area is 172 Å². The van der Waals surface area contributed by atoms with Gasteiger partial charge < -0.3 is 10.1 Å². The molecule has 3 rings (SSSR count). The van der Waals surface area contributed by atoms with Crippen molar-refractivity contribution in [3.05, 3.63) is 59.2 Å². The molecule has 10 heteroatoms. The fraction of sp³-hybridized carbons (Fsp3) is 0.300. The number of carbonyl (C=O) groups excluding carboxylic acids is 2. The second-order valence-electron chi connectivity index (χ2n) is 6.89. The first-order valence-corrected chi connectivity index (χ1v) is 10.7. The van der Waals surface area contributed by atoms with Gasteiger partial charge in [-0.05, 0) is 49.2 Å². The summed E-state index contributed by atoms with van der Waals surface area (Å²) in [6.45, 7) is 0. The van der Waals surface area contributed by atoms with Crippen molar-refractivity contribution in [2.45, 2.75) is 36.6 Å². The molecular weight excluding hydrogens is 418 g/mol. The van der Waals surface area contributed by atoms with Crippen LogP contribution in [-0.4, -0.2) is 33.4 Å². The van der Waals surface area contributed by atoms with Crippen LogP contribution in [-0.2, 0) is 14.8 Å². The molecule has 1 fully saturated rings. The molecule has 1 aliphatic rings. The van der Waals surface area contributed by atoms with Crippen molar-refractivity contribution in [1.82, 2.24) is 5.32 Å². The first-order valence-electron chi connectivity index (χ1n) is 9.22. The Morgan fingerprint density at radius 3 is 2.13 bits per heavy atom. The molecule has 160 valence electrons. The number of rotatable bonds is 6. The standard InChI is InChI=1S/C20H20F2N2O5S/c1-29-20(26)18-16(21)10-14(11-17(18)22)24-30(27,28)15-8-6-12(7-9-15)19(25)23-13-4-2-3-5-13/h6-11,13,24H,2-5H2,1H3,(H,23,25). The minimum atomic E-state index is -4.18. The molecule has 2 aromatic carbocycles. The number of halogens is 2. The molecule has 2 N–H and O–H groups in total. The minimum Gasteiger partial charge on any atom is -0.465 e. The van der Waals surface area contributed by atoms with Crippen molar-refractivity contribution in [2.75, 3.05) is 11.8 Å². The van der Waals surface area contributed by atoms with Gasteiger partial charge in [-0.2, -0.15) is 0 Å². The van der Waals surface area contributed by atoms with Crippen LogP contribution in [0.3, 0.4) is 0 Å². The molecular formula is C20H20F2N2O5S. The second kappa shape index (κ2) is 8.78. The summed E-state index contributed by atoms with van der Waals surface area (Å²) < 4.78 is 59.4. The largest absolute Gasteiger partial charge is 0.465 e. The number of ether oxygens (including phenoxy) is 1. The summed E-state index contributed by atoms with van der Waals surface area (Å²) in [5.41, 5.74) is -1.01. The predicted molar refractivity (Wildman–Crippen MR) is 105 cm³/mol. The van der Waals surface area contributed by atoms with E-state index < -0.39 is 38.9 Å². The summed E-state index contributed by atoms with van der Waals surface area (Å²) in [7, 11) is -3.21. The number of hydrogen-bond acceptors (Lipinski definition) is 5. The lowest BCUT2D eigenvalue weighted by Crippen LogP contribution is -2.32. The molecule has 0 unspecified atom stereocenters. The van der Waals surface area contributed by atoms with Gasteiger partial charge in [-0.25, -0.2) is 22.0 Å². The summed E-state index contributed by atoms with van der Waals surface area (Å²) in [4.78, 5) is 23.4. The zero-order valence-electron chi connectivity index (χ0n) is 16.1. The maximum Gasteiger partial charge on any atom is 0.343 e. The van der Waals surface area contributed by atoms with Gasteiger partial charge in [0.15, 0.2) is 0 Å². The summed E-state index contributed by atoms with van der Waals surface area (Å²) in [6.07, 6.45) is 3.97. The Kier molecular flexibility index (Phi) is 6.35. The van der Waals surface area contributed by atoms with Gasteiger partial charge in [0.1, 0.15) is 17.2 Å². The maximum absolute atomic E-state index is 14.0. The minimum absolute atomic E-state index is 0.125. The normalized spacial score (nSPS) is 14.4. The molecule has 7 nitrogen and oxygen atoms in total. The smallest absolute Gasteiger partial charge is 0.343 e. The molecule has 0 bridgehead atoms. The fourth-order valence-electron chi connectivity index (χ4n) is 3.27. The topological polar surface area (TPSA) is 102 Å². The zero-order chi connectivity index (χ0) is 21.9. The van der Waals surface area contributed by atoms with E-state index >= 15 is 0 Å². The van der Waals surface area contributed by atoms with E-state index in [1.165, 1.54) is 24.3 Å². The van der Waals surface area contributed by atoms with Crippen LogP contribution in [0.1, 0.15) is 46.4 Å². The van der Waals surface area contributed by atoms with Gasteiger partial charge in [-0.1, -0.05) is 12.8 Å². The van der Waals surface area contributed by atoms with Gasteiger partial charge in [0.2, 0.25) is 0 Å². The number of benzene rings is 2. The monoisotopic (exact) mass is 438 g/mol. The Morgan fingerprint density at radius 2 is 1.60 bits per heavy atom. The number of methoxy groups -OCH3 is 1. The van der Waals surface area contributed by atoms with Gasteiger partial charge in [-0.3, -0.25) is 9.52 Å². The molecule has 2 aromatic rings. The van der Waals surface area contributed by atoms with E-state index in [4.69, 9.17) is 0 Å². The SMILES string of the molecule is COC(=O)c1c(F)cc(NS(=O)(=O)c2ccc(C(=O)NC3CCCC3)cc2)cc1F. The number of sulfonamides is 1. The number of esters is 1. The van der Waals surface area contributed by atoms with E-state index in [1.807, 2.05) is 4.72 Å². The highest BCUT2D eigenvalue weighted by molar-refractivity contribution is 7.92. The molecule has 0 heterocycles. The van der Waals surface area contributed by atoms with Gasteiger partial charge in [0.25, 0.3) is 15.9 Å². The third-order valence-corrected chi connectivity index (χ3v) is 6.20. The molecule has 1 amide bonds. The van der Waals surface area contributed by atoms with Crippen LogP contribution < -0.4 is 10.0 Å². The van der Waals surface area contributed by atoms with Crippen molar-refractivity contribution in [3.8, 4) is 0 Å². The number of anilines is 1. The average Bonchev–Trinajstić information content (AvgIpc) is 3.20. The van der Waals surface area contributed by atoms with Crippen molar-refractivity contribution < 1.29 is 31.5 Å². The Hall–Kier alpha value is -3.01. The Bertz CT molecular complexity index is 1040. The lowest BCUT2D eigenvalue weighted by molar-refractivity contribution is 0.0589. The van der Waals surface area contributed by atoms with Gasteiger partial charge in [-0.15, -0.1) is 0 Å². The Morgan fingerprint density at radius 1 is 1.03 bits per heavy atom. The first kappa shape index (κ1) is 21.7. The van der Waals surface area contributed by atoms with E-state index in [1.54, 1.807) is 0 Å². The van der Waals surface area contributed by atoms with Crippen LogP contribution in [0.5, 0.6) is 0 Å². The van der Waals surface area contributed by atoms with Crippen molar-refractivity contribution in [2.24, 2.45) is 0 Å². The van der Waals surface area contributed by atoms with Crippen LogP contribution in [0.4, 0.5) is 14.5 Å². The van der Waals surface area contributed by atoms with Crippen molar-refractivity contribution in [1.29, 1.82) is 0 Å². The molecule has 0 aromatic heterocycles.